The smallest absolute Gasteiger partial charge is 0.139 e. The minimum Gasteiger partial charge on any atom is -0.396 e. The van der Waals surface area contributed by atoms with Crippen LogP contribution in [0.25, 0.3) is 0 Å². The van der Waals surface area contributed by atoms with Crippen LogP contribution in [0.2, 0.25) is 0 Å². The first-order valence-corrected chi connectivity index (χ1v) is 5.14. The number of aryl methyl sites for hydroxylation is 1. The van der Waals surface area contributed by atoms with Gasteiger partial charge in [0.1, 0.15) is 10.8 Å². The molecule has 1 aromatic rings. The molecule has 0 spiro atoms. The number of ketones is 1. The number of carbonyl (C=O) groups excluding carboxylic acids is 1. The Hall–Kier alpha value is -0.740. The molecule has 72 valence electrons. The van der Waals surface area contributed by atoms with Crippen LogP contribution in [0.5, 0.6) is 0 Å². The van der Waals surface area contributed by atoms with Crippen LogP contribution in [0.3, 0.4) is 0 Å². The largest absolute Gasteiger partial charge is 0.396 e. The van der Waals surface area contributed by atoms with E-state index in [1.54, 1.807) is 0 Å². The van der Waals surface area contributed by atoms with Crippen LogP contribution < -0.4 is 0 Å². The highest BCUT2D eigenvalue weighted by molar-refractivity contribution is 7.09. The monoisotopic (exact) mass is 199 g/mol. The first-order chi connectivity index (χ1) is 6.22. The van der Waals surface area contributed by atoms with Gasteiger partial charge in [-0.1, -0.05) is 0 Å². The summed E-state index contributed by atoms with van der Waals surface area (Å²) >= 11 is 1.52. The molecule has 0 aliphatic rings. The second kappa shape index (κ2) is 5.09. The summed E-state index contributed by atoms with van der Waals surface area (Å²) in [5.74, 6) is 0.156. The van der Waals surface area contributed by atoms with Gasteiger partial charge in [-0.2, -0.15) is 0 Å². The summed E-state index contributed by atoms with van der Waals surface area (Å²) in [5.41, 5.74) is 0.968. The number of aliphatic hydroxyl groups excluding tert-OH is 1. The quantitative estimate of drug-likeness (QED) is 0.778. The average Bonchev–Trinajstić information content (AvgIpc) is 2.48. The third-order valence-corrected chi connectivity index (χ3v) is 2.60. The number of thiazole rings is 1. The van der Waals surface area contributed by atoms with E-state index in [-0.39, 0.29) is 12.4 Å². The first-order valence-electron chi connectivity index (χ1n) is 4.26. The van der Waals surface area contributed by atoms with Crippen molar-refractivity contribution in [3.05, 3.63) is 16.1 Å². The number of aliphatic hydroxyl groups is 1. The van der Waals surface area contributed by atoms with Gasteiger partial charge in [0, 0.05) is 24.1 Å². The van der Waals surface area contributed by atoms with Crippen LogP contribution in [0.1, 0.15) is 23.5 Å². The molecular weight excluding hydrogens is 186 g/mol. The Morgan fingerprint density at radius 2 is 2.46 bits per heavy atom. The van der Waals surface area contributed by atoms with Crippen molar-refractivity contribution in [1.29, 1.82) is 0 Å². The van der Waals surface area contributed by atoms with E-state index >= 15 is 0 Å². The third kappa shape index (κ3) is 3.65. The SMILES string of the molecule is Cc1csc(CC(=O)CCCO)n1. The molecule has 0 aliphatic carbocycles. The second-order valence-electron chi connectivity index (χ2n) is 2.93. The molecule has 0 radical (unpaired) electrons. The van der Waals surface area contributed by atoms with Gasteiger partial charge in [0.25, 0.3) is 0 Å². The Balaban J connectivity index is 2.36. The second-order valence-corrected chi connectivity index (χ2v) is 3.87. The molecule has 0 unspecified atom stereocenters. The van der Waals surface area contributed by atoms with Gasteiger partial charge in [0.2, 0.25) is 0 Å². The van der Waals surface area contributed by atoms with E-state index in [2.05, 4.69) is 4.98 Å². The molecule has 13 heavy (non-hydrogen) atoms. The van der Waals surface area contributed by atoms with E-state index < -0.39 is 0 Å². The van der Waals surface area contributed by atoms with Gasteiger partial charge >= 0.3 is 0 Å². The molecule has 1 rings (SSSR count). The molecular formula is C9H13NO2S. The number of hydrogen-bond acceptors (Lipinski definition) is 4. The number of nitrogens with zero attached hydrogens (tertiary/aromatic N) is 1. The lowest BCUT2D eigenvalue weighted by atomic mass is 10.2. The minimum absolute atomic E-state index is 0.0859. The van der Waals surface area contributed by atoms with E-state index in [4.69, 9.17) is 5.11 Å². The summed E-state index contributed by atoms with van der Waals surface area (Å²) in [6, 6.07) is 0. The summed E-state index contributed by atoms with van der Waals surface area (Å²) in [4.78, 5) is 15.4. The molecule has 3 nitrogen and oxygen atoms in total. The normalized spacial score (nSPS) is 10.3. The van der Waals surface area contributed by atoms with Crippen molar-refractivity contribution in [2.45, 2.75) is 26.2 Å². The minimum atomic E-state index is 0.0859. The highest BCUT2D eigenvalue weighted by Crippen LogP contribution is 2.10. The predicted octanol–water partition coefficient (Wildman–Crippen LogP) is 1.34. The maximum absolute atomic E-state index is 11.2. The lowest BCUT2D eigenvalue weighted by molar-refractivity contribution is -0.118. The Morgan fingerprint density at radius 1 is 1.69 bits per heavy atom. The molecule has 1 heterocycles. The number of hydrogen-bond donors (Lipinski definition) is 1. The molecule has 0 saturated heterocycles. The maximum atomic E-state index is 11.2. The summed E-state index contributed by atoms with van der Waals surface area (Å²) in [7, 11) is 0. The van der Waals surface area contributed by atoms with Crippen molar-refractivity contribution in [1.82, 2.24) is 4.98 Å². The van der Waals surface area contributed by atoms with Gasteiger partial charge in [0.05, 0.1) is 6.42 Å². The average molecular weight is 199 g/mol. The van der Waals surface area contributed by atoms with Crippen molar-refractivity contribution in [2.24, 2.45) is 0 Å². The van der Waals surface area contributed by atoms with Gasteiger partial charge in [0.15, 0.2) is 0 Å². The van der Waals surface area contributed by atoms with E-state index in [1.807, 2.05) is 12.3 Å². The molecule has 4 heteroatoms. The topological polar surface area (TPSA) is 50.2 Å². The number of Topliss-reactive ketones (excluding diaryl/α,β-unsaturated/α-hetero) is 1. The van der Waals surface area contributed by atoms with E-state index in [9.17, 15) is 4.79 Å². The fraction of sp³-hybridized carbons (Fsp3) is 0.556. The molecule has 0 amide bonds. The molecule has 0 fully saturated rings. The van der Waals surface area contributed by atoms with Crippen molar-refractivity contribution >= 4 is 17.1 Å². The van der Waals surface area contributed by atoms with Gasteiger partial charge < -0.3 is 5.11 Å². The van der Waals surface area contributed by atoms with Gasteiger partial charge in [-0.05, 0) is 13.3 Å². The number of rotatable bonds is 5. The summed E-state index contributed by atoms with van der Waals surface area (Å²) in [6.07, 6.45) is 1.43. The molecule has 0 atom stereocenters. The van der Waals surface area contributed by atoms with Crippen molar-refractivity contribution in [2.75, 3.05) is 6.61 Å². The number of aromatic nitrogens is 1. The molecule has 1 N–H and O–H groups in total. The van der Waals surface area contributed by atoms with E-state index in [1.165, 1.54) is 11.3 Å². The molecule has 0 bridgehead atoms. The van der Waals surface area contributed by atoms with Gasteiger partial charge in [-0.15, -0.1) is 11.3 Å². The lowest BCUT2D eigenvalue weighted by Gasteiger charge is -1.95. The van der Waals surface area contributed by atoms with Crippen LogP contribution in [0, 0.1) is 6.92 Å². The zero-order valence-electron chi connectivity index (χ0n) is 7.62. The van der Waals surface area contributed by atoms with Crippen LogP contribution >= 0.6 is 11.3 Å². The van der Waals surface area contributed by atoms with Gasteiger partial charge in [-0.3, -0.25) is 4.79 Å². The van der Waals surface area contributed by atoms with Crippen LogP contribution in [0.4, 0.5) is 0 Å². The van der Waals surface area contributed by atoms with Crippen molar-refractivity contribution in [3.8, 4) is 0 Å². The lowest BCUT2D eigenvalue weighted by Crippen LogP contribution is -2.03. The van der Waals surface area contributed by atoms with Crippen molar-refractivity contribution in [3.63, 3.8) is 0 Å². The standard InChI is InChI=1S/C9H13NO2S/c1-7-6-13-9(10-7)5-8(12)3-2-4-11/h6,11H,2-5H2,1H3. The molecule has 1 aromatic heterocycles. The highest BCUT2D eigenvalue weighted by Gasteiger charge is 2.05. The number of carbonyl (C=O) groups is 1. The Labute approximate surface area is 81.4 Å². The van der Waals surface area contributed by atoms with E-state index in [0.29, 0.717) is 19.3 Å². The zero-order valence-corrected chi connectivity index (χ0v) is 8.43. The summed E-state index contributed by atoms with van der Waals surface area (Å²) in [5, 5.41) is 11.3. The fourth-order valence-electron chi connectivity index (χ4n) is 1.02. The van der Waals surface area contributed by atoms with E-state index in [0.717, 1.165) is 10.7 Å². The zero-order chi connectivity index (χ0) is 9.68. The molecule has 0 saturated carbocycles. The van der Waals surface area contributed by atoms with Gasteiger partial charge in [-0.25, -0.2) is 4.98 Å². The Bertz CT molecular complexity index is 283. The maximum Gasteiger partial charge on any atom is 0.139 e. The summed E-state index contributed by atoms with van der Waals surface area (Å²) in [6.45, 7) is 2.00. The van der Waals surface area contributed by atoms with Crippen molar-refractivity contribution < 1.29 is 9.90 Å². The first kappa shape index (κ1) is 10.3. The van der Waals surface area contributed by atoms with Crippen LogP contribution in [-0.4, -0.2) is 22.5 Å². The molecule has 0 aromatic carbocycles. The third-order valence-electron chi connectivity index (χ3n) is 1.63. The van der Waals surface area contributed by atoms with Crippen LogP contribution in [-0.2, 0) is 11.2 Å². The summed E-state index contributed by atoms with van der Waals surface area (Å²) < 4.78 is 0. The predicted molar refractivity (Wildman–Crippen MR) is 51.9 cm³/mol. The molecule has 0 aliphatic heterocycles. The van der Waals surface area contributed by atoms with Crippen LogP contribution in [0.15, 0.2) is 5.38 Å². The Morgan fingerprint density at radius 3 is 3.00 bits per heavy atom. The fourth-order valence-corrected chi connectivity index (χ4v) is 1.82. The highest BCUT2D eigenvalue weighted by atomic mass is 32.1. The Kier molecular flexibility index (Phi) is 4.05.